The Morgan fingerprint density at radius 3 is 2.50 bits per heavy atom. The van der Waals surface area contributed by atoms with Gasteiger partial charge in [0.15, 0.2) is 5.96 Å². The quantitative estimate of drug-likeness (QED) is 0.679. The predicted octanol–water partition coefficient (Wildman–Crippen LogP) is 3.27. The van der Waals surface area contributed by atoms with E-state index in [0.29, 0.717) is 0 Å². The lowest BCUT2D eigenvalue weighted by molar-refractivity contribution is 0.414. The average Bonchev–Trinajstić information content (AvgIpc) is 2.94. The molecule has 1 heterocycles. The SMILES string of the molecule is CN=C(NCc1ccc(C)s1)N(C)Cc1ccc(OC)cc1. The van der Waals surface area contributed by atoms with Crippen LogP contribution in [0, 0.1) is 6.92 Å². The lowest BCUT2D eigenvalue weighted by Crippen LogP contribution is -2.37. The molecule has 0 aliphatic carbocycles. The average molecular weight is 317 g/mol. The van der Waals surface area contributed by atoms with Crippen molar-refractivity contribution in [1.29, 1.82) is 0 Å². The fourth-order valence-electron chi connectivity index (χ4n) is 2.21. The van der Waals surface area contributed by atoms with Gasteiger partial charge in [-0.2, -0.15) is 0 Å². The molecule has 1 N–H and O–H groups in total. The molecule has 22 heavy (non-hydrogen) atoms. The maximum Gasteiger partial charge on any atom is 0.193 e. The number of guanidine groups is 1. The van der Waals surface area contributed by atoms with E-state index >= 15 is 0 Å². The molecule has 0 spiro atoms. The Kier molecular flexibility index (Phi) is 5.83. The van der Waals surface area contributed by atoms with E-state index in [1.807, 2.05) is 37.6 Å². The van der Waals surface area contributed by atoms with Gasteiger partial charge in [0.25, 0.3) is 0 Å². The molecule has 0 fully saturated rings. The van der Waals surface area contributed by atoms with Crippen LogP contribution in [0.15, 0.2) is 41.4 Å². The summed E-state index contributed by atoms with van der Waals surface area (Å²) in [7, 11) is 5.53. The molecule has 1 aromatic heterocycles. The summed E-state index contributed by atoms with van der Waals surface area (Å²) in [6, 6.07) is 12.4. The Morgan fingerprint density at radius 2 is 1.95 bits per heavy atom. The first-order valence-electron chi connectivity index (χ1n) is 7.22. The molecule has 0 aliphatic rings. The summed E-state index contributed by atoms with van der Waals surface area (Å²) in [5.74, 6) is 1.77. The van der Waals surface area contributed by atoms with Gasteiger partial charge in [0, 0.05) is 30.4 Å². The number of rotatable bonds is 5. The van der Waals surface area contributed by atoms with Crippen molar-refractivity contribution in [2.75, 3.05) is 21.2 Å². The molecule has 0 unspecified atom stereocenters. The molecule has 0 radical (unpaired) electrons. The summed E-state index contributed by atoms with van der Waals surface area (Å²) in [4.78, 5) is 9.11. The predicted molar refractivity (Wildman–Crippen MR) is 93.7 cm³/mol. The zero-order valence-corrected chi connectivity index (χ0v) is 14.4. The van der Waals surface area contributed by atoms with E-state index in [0.717, 1.165) is 24.8 Å². The van der Waals surface area contributed by atoms with Crippen molar-refractivity contribution in [1.82, 2.24) is 10.2 Å². The number of hydrogen-bond donors (Lipinski definition) is 1. The van der Waals surface area contributed by atoms with Gasteiger partial charge in [0.1, 0.15) is 5.75 Å². The van der Waals surface area contributed by atoms with Crippen LogP contribution in [-0.2, 0) is 13.1 Å². The number of aryl methyl sites for hydroxylation is 1. The van der Waals surface area contributed by atoms with Gasteiger partial charge in [-0.3, -0.25) is 4.99 Å². The fourth-order valence-corrected chi connectivity index (χ4v) is 3.04. The summed E-state index contributed by atoms with van der Waals surface area (Å²) in [5, 5.41) is 3.40. The number of thiophene rings is 1. The third kappa shape index (κ3) is 4.49. The molecule has 0 aliphatic heterocycles. The number of nitrogens with zero attached hydrogens (tertiary/aromatic N) is 2. The maximum absolute atomic E-state index is 5.18. The summed E-state index contributed by atoms with van der Waals surface area (Å²) in [6.45, 7) is 3.73. The summed E-state index contributed by atoms with van der Waals surface area (Å²) in [6.07, 6.45) is 0. The molecule has 0 atom stereocenters. The van der Waals surface area contributed by atoms with E-state index in [1.165, 1.54) is 15.3 Å². The van der Waals surface area contributed by atoms with Crippen molar-refractivity contribution < 1.29 is 4.74 Å². The summed E-state index contributed by atoms with van der Waals surface area (Å²) >= 11 is 1.81. The van der Waals surface area contributed by atoms with Crippen LogP contribution in [0.1, 0.15) is 15.3 Å². The molecule has 0 amide bonds. The first-order valence-corrected chi connectivity index (χ1v) is 8.04. The van der Waals surface area contributed by atoms with Crippen molar-refractivity contribution in [2.45, 2.75) is 20.0 Å². The van der Waals surface area contributed by atoms with E-state index in [-0.39, 0.29) is 0 Å². The van der Waals surface area contributed by atoms with Crippen molar-refractivity contribution >= 4 is 17.3 Å². The molecule has 0 saturated heterocycles. The van der Waals surface area contributed by atoms with E-state index in [2.05, 4.69) is 46.4 Å². The highest BCUT2D eigenvalue weighted by Gasteiger charge is 2.07. The molecule has 5 heteroatoms. The third-order valence-electron chi connectivity index (χ3n) is 3.37. The molecule has 4 nitrogen and oxygen atoms in total. The highest BCUT2D eigenvalue weighted by Crippen LogP contribution is 2.15. The maximum atomic E-state index is 5.18. The first kappa shape index (κ1) is 16.4. The second kappa shape index (κ2) is 7.84. The van der Waals surface area contributed by atoms with Crippen molar-refractivity contribution in [3.05, 3.63) is 51.7 Å². The van der Waals surface area contributed by atoms with Gasteiger partial charge in [-0.15, -0.1) is 11.3 Å². The number of benzene rings is 1. The van der Waals surface area contributed by atoms with Crippen LogP contribution < -0.4 is 10.1 Å². The van der Waals surface area contributed by atoms with E-state index in [4.69, 9.17) is 4.74 Å². The van der Waals surface area contributed by atoms with Crippen LogP contribution in [0.2, 0.25) is 0 Å². The van der Waals surface area contributed by atoms with Crippen LogP contribution in [0.4, 0.5) is 0 Å². The molecular formula is C17H23N3OS. The Hall–Kier alpha value is -2.01. The lowest BCUT2D eigenvalue weighted by atomic mass is 10.2. The van der Waals surface area contributed by atoms with Crippen molar-refractivity contribution in [3.63, 3.8) is 0 Å². The summed E-state index contributed by atoms with van der Waals surface area (Å²) < 4.78 is 5.18. The van der Waals surface area contributed by atoms with Crippen LogP contribution in [0.25, 0.3) is 0 Å². The number of hydrogen-bond acceptors (Lipinski definition) is 3. The van der Waals surface area contributed by atoms with Crippen molar-refractivity contribution in [2.24, 2.45) is 4.99 Å². The minimum absolute atomic E-state index is 0.799. The van der Waals surface area contributed by atoms with Crippen molar-refractivity contribution in [3.8, 4) is 5.75 Å². The standard InChI is InChI=1S/C17H23N3OS/c1-13-5-10-16(22-13)11-19-17(18-2)20(3)12-14-6-8-15(21-4)9-7-14/h5-10H,11-12H2,1-4H3,(H,18,19). The number of nitrogens with one attached hydrogen (secondary N) is 1. The normalized spacial score (nSPS) is 11.4. The van der Waals surface area contributed by atoms with E-state index in [1.54, 1.807) is 7.11 Å². The van der Waals surface area contributed by atoms with Gasteiger partial charge >= 0.3 is 0 Å². The van der Waals surface area contributed by atoms with Gasteiger partial charge in [-0.1, -0.05) is 12.1 Å². The number of methoxy groups -OCH3 is 1. The second-order valence-corrected chi connectivity index (χ2v) is 6.49. The Bertz CT molecular complexity index is 619. The lowest BCUT2D eigenvalue weighted by Gasteiger charge is -2.22. The number of ether oxygens (including phenoxy) is 1. The third-order valence-corrected chi connectivity index (χ3v) is 4.37. The van der Waals surface area contributed by atoms with Gasteiger partial charge in [0.05, 0.1) is 13.7 Å². The second-order valence-electron chi connectivity index (χ2n) is 5.12. The van der Waals surface area contributed by atoms with Gasteiger partial charge < -0.3 is 15.0 Å². The Labute approximate surface area is 136 Å². The molecule has 0 bridgehead atoms. The molecule has 118 valence electrons. The monoisotopic (exact) mass is 317 g/mol. The molecular weight excluding hydrogens is 294 g/mol. The molecule has 2 aromatic rings. The highest BCUT2D eigenvalue weighted by atomic mass is 32.1. The number of aliphatic imine (C=N–C) groups is 1. The molecule has 0 saturated carbocycles. The van der Waals surface area contributed by atoms with Crippen LogP contribution in [0.3, 0.4) is 0 Å². The Balaban J connectivity index is 1.91. The van der Waals surface area contributed by atoms with Crippen LogP contribution >= 0.6 is 11.3 Å². The topological polar surface area (TPSA) is 36.9 Å². The zero-order chi connectivity index (χ0) is 15.9. The molecule has 2 rings (SSSR count). The Morgan fingerprint density at radius 1 is 1.23 bits per heavy atom. The fraction of sp³-hybridized carbons (Fsp3) is 0.353. The van der Waals surface area contributed by atoms with Crippen LogP contribution in [-0.4, -0.2) is 32.1 Å². The largest absolute Gasteiger partial charge is 0.497 e. The minimum atomic E-state index is 0.799. The van der Waals surface area contributed by atoms with E-state index < -0.39 is 0 Å². The van der Waals surface area contributed by atoms with Gasteiger partial charge in [0.2, 0.25) is 0 Å². The smallest absolute Gasteiger partial charge is 0.193 e. The molecule has 1 aromatic carbocycles. The summed E-state index contributed by atoms with van der Waals surface area (Å²) in [5.41, 5.74) is 1.22. The van der Waals surface area contributed by atoms with Gasteiger partial charge in [-0.25, -0.2) is 0 Å². The van der Waals surface area contributed by atoms with Crippen LogP contribution in [0.5, 0.6) is 5.75 Å². The van der Waals surface area contributed by atoms with E-state index in [9.17, 15) is 0 Å². The zero-order valence-electron chi connectivity index (χ0n) is 13.6. The van der Waals surface area contributed by atoms with Gasteiger partial charge in [-0.05, 0) is 36.8 Å². The first-order chi connectivity index (χ1) is 10.6. The minimum Gasteiger partial charge on any atom is -0.497 e. The highest BCUT2D eigenvalue weighted by molar-refractivity contribution is 7.11.